The van der Waals surface area contributed by atoms with E-state index in [0.29, 0.717) is 6.54 Å². The summed E-state index contributed by atoms with van der Waals surface area (Å²) in [4.78, 5) is 4.28. The number of fused-ring (bicyclic) bond motifs is 1. The number of anilines is 1. The van der Waals surface area contributed by atoms with Gasteiger partial charge in [0.25, 0.3) is 0 Å². The fourth-order valence-electron chi connectivity index (χ4n) is 2.11. The van der Waals surface area contributed by atoms with Gasteiger partial charge in [0, 0.05) is 31.3 Å². The first-order chi connectivity index (χ1) is 9.68. The highest BCUT2D eigenvalue weighted by Gasteiger charge is 2.34. The van der Waals surface area contributed by atoms with Crippen LogP contribution in [0.25, 0.3) is 0 Å². The largest absolute Gasteiger partial charge is 0.449 e. The maximum atomic E-state index is 5.86. The molecule has 104 valence electrons. The second-order valence-electron chi connectivity index (χ2n) is 5.03. The van der Waals surface area contributed by atoms with Gasteiger partial charge in [0.1, 0.15) is 0 Å². The summed E-state index contributed by atoms with van der Waals surface area (Å²) in [5.41, 5.74) is 2.00. The van der Waals surface area contributed by atoms with Crippen molar-refractivity contribution < 1.29 is 9.47 Å². The van der Waals surface area contributed by atoms with Gasteiger partial charge in [0.05, 0.1) is 12.2 Å². The smallest absolute Gasteiger partial charge is 0.248 e. The van der Waals surface area contributed by atoms with Crippen LogP contribution in [0.1, 0.15) is 26.0 Å². The monoisotopic (exact) mass is 270 g/mol. The van der Waals surface area contributed by atoms with Gasteiger partial charge in [-0.25, -0.2) is 0 Å². The molecule has 2 heterocycles. The Morgan fingerprint density at radius 2 is 2.00 bits per heavy atom. The first-order valence-electron chi connectivity index (χ1n) is 6.84. The van der Waals surface area contributed by atoms with E-state index in [1.54, 1.807) is 6.20 Å². The Balaban J connectivity index is 1.70. The van der Waals surface area contributed by atoms with Gasteiger partial charge < -0.3 is 14.8 Å². The van der Waals surface area contributed by atoms with E-state index >= 15 is 0 Å². The third kappa shape index (κ3) is 2.54. The number of hydrogen-bond donors (Lipinski definition) is 1. The van der Waals surface area contributed by atoms with Crippen LogP contribution in [0.5, 0.6) is 11.5 Å². The molecule has 0 unspecified atom stereocenters. The average molecular weight is 270 g/mol. The molecule has 0 saturated carbocycles. The second kappa shape index (κ2) is 5.04. The van der Waals surface area contributed by atoms with E-state index in [-0.39, 0.29) is 0 Å². The Morgan fingerprint density at radius 1 is 1.15 bits per heavy atom. The van der Waals surface area contributed by atoms with Crippen molar-refractivity contribution in [2.24, 2.45) is 0 Å². The molecule has 0 bridgehead atoms. The number of nitrogens with one attached hydrogen (secondary N) is 1. The van der Waals surface area contributed by atoms with Crippen LogP contribution >= 0.6 is 0 Å². The highest BCUT2D eigenvalue weighted by molar-refractivity contribution is 5.56. The standard InChI is InChI=1S/C16H18N2O2/c1-3-16(2)19-14-8-7-12(10-15(14)20-16)18-11-13-6-4-5-9-17-13/h4-10,18H,3,11H2,1-2H3/t16-/m0/s1. The van der Waals surface area contributed by atoms with Gasteiger partial charge in [-0.2, -0.15) is 0 Å². The van der Waals surface area contributed by atoms with E-state index in [1.165, 1.54) is 0 Å². The molecule has 0 spiro atoms. The van der Waals surface area contributed by atoms with Crippen molar-refractivity contribution in [1.82, 2.24) is 4.98 Å². The first-order valence-corrected chi connectivity index (χ1v) is 6.84. The Bertz CT molecular complexity index is 601. The van der Waals surface area contributed by atoms with Gasteiger partial charge >= 0.3 is 0 Å². The molecule has 0 saturated heterocycles. The molecule has 0 radical (unpaired) electrons. The quantitative estimate of drug-likeness (QED) is 0.922. The number of rotatable bonds is 4. The number of benzene rings is 1. The van der Waals surface area contributed by atoms with Crippen LogP contribution < -0.4 is 14.8 Å². The molecule has 20 heavy (non-hydrogen) atoms. The predicted molar refractivity (Wildman–Crippen MR) is 78.0 cm³/mol. The molecule has 1 atom stereocenters. The molecule has 0 aliphatic carbocycles. The molecular weight excluding hydrogens is 252 g/mol. The summed E-state index contributed by atoms with van der Waals surface area (Å²) in [7, 11) is 0. The molecule has 4 heteroatoms. The van der Waals surface area contributed by atoms with E-state index in [2.05, 4.69) is 10.3 Å². The minimum atomic E-state index is -0.540. The summed E-state index contributed by atoms with van der Waals surface area (Å²) in [5.74, 6) is 1.06. The van der Waals surface area contributed by atoms with E-state index in [1.807, 2.05) is 50.2 Å². The molecule has 1 N–H and O–H groups in total. The highest BCUT2D eigenvalue weighted by Crippen LogP contribution is 2.42. The third-order valence-corrected chi connectivity index (χ3v) is 3.44. The fraction of sp³-hybridized carbons (Fsp3) is 0.312. The predicted octanol–water partition coefficient (Wildman–Crippen LogP) is 3.59. The molecule has 0 fully saturated rings. The third-order valence-electron chi connectivity index (χ3n) is 3.44. The van der Waals surface area contributed by atoms with Crippen LogP contribution in [-0.2, 0) is 6.54 Å². The Kier molecular flexibility index (Phi) is 3.22. The molecular formula is C16H18N2O2. The minimum absolute atomic E-state index is 0.540. The van der Waals surface area contributed by atoms with Crippen molar-refractivity contribution in [3.8, 4) is 11.5 Å². The first kappa shape index (κ1) is 12.8. The minimum Gasteiger partial charge on any atom is -0.449 e. The molecule has 0 amide bonds. The van der Waals surface area contributed by atoms with Crippen molar-refractivity contribution >= 4 is 5.69 Å². The molecule has 1 aromatic carbocycles. The van der Waals surface area contributed by atoms with Crippen molar-refractivity contribution in [3.05, 3.63) is 48.3 Å². The zero-order valence-corrected chi connectivity index (χ0v) is 11.7. The number of aromatic nitrogens is 1. The van der Waals surface area contributed by atoms with Gasteiger partial charge in [-0.1, -0.05) is 13.0 Å². The van der Waals surface area contributed by atoms with Crippen LogP contribution in [0.2, 0.25) is 0 Å². The zero-order chi connectivity index (χ0) is 14.0. The number of pyridine rings is 1. The van der Waals surface area contributed by atoms with Crippen LogP contribution in [0.3, 0.4) is 0 Å². The molecule has 4 nitrogen and oxygen atoms in total. The lowest BCUT2D eigenvalue weighted by Gasteiger charge is -2.20. The van der Waals surface area contributed by atoms with E-state index in [4.69, 9.17) is 9.47 Å². The van der Waals surface area contributed by atoms with E-state index in [9.17, 15) is 0 Å². The topological polar surface area (TPSA) is 43.4 Å². The second-order valence-corrected chi connectivity index (χ2v) is 5.03. The lowest BCUT2D eigenvalue weighted by Crippen LogP contribution is -2.33. The molecule has 2 aromatic rings. The summed E-state index contributed by atoms with van der Waals surface area (Å²) in [6.07, 6.45) is 2.60. The maximum Gasteiger partial charge on any atom is 0.248 e. The molecule has 3 rings (SSSR count). The van der Waals surface area contributed by atoms with Gasteiger partial charge in [0.2, 0.25) is 5.79 Å². The number of nitrogens with zero attached hydrogens (tertiary/aromatic N) is 1. The average Bonchev–Trinajstić information content (AvgIpc) is 2.82. The Morgan fingerprint density at radius 3 is 2.75 bits per heavy atom. The highest BCUT2D eigenvalue weighted by atomic mass is 16.7. The SMILES string of the molecule is CC[C@@]1(C)Oc2ccc(NCc3ccccn3)cc2O1. The number of hydrogen-bond acceptors (Lipinski definition) is 4. The van der Waals surface area contributed by atoms with Crippen LogP contribution in [0.4, 0.5) is 5.69 Å². The summed E-state index contributed by atoms with van der Waals surface area (Å²) in [6, 6.07) is 11.8. The van der Waals surface area contributed by atoms with Crippen LogP contribution in [-0.4, -0.2) is 10.8 Å². The maximum absolute atomic E-state index is 5.86. The van der Waals surface area contributed by atoms with Gasteiger partial charge in [-0.15, -0.1) is 0 Å². The lowest BCUT2D eigenvalue weighted by molar-refractivity contribution is -0.0640. The van der Waals surface area contributed by atoms with Crippen molar-refractivity contribution in [3.63, 3.8) is 0 Å². The summed E-state index contributed by atoms with van der Waals surface area (Å²) in [5, 5.41) is 3.34. The van der Waals surface area contributed by atoms with Crippen LogP contribution in [0.15, 0.2) is 42.6 Å². The fourth-order valence-corrected chi connectivity index (χ4v) is 2.11. The lowest BCUT2D eigenvalue weighted by atomic mass is 10.2. The summed E-state index contributed by atoms with van der Waals surface area (Å²) < 4.78 is 11.7. The Hall–Kier alpha value is -2.23. The zero-order valence-electron chi connectivity index (χ0n) is 11.7. The summed E-state index contributed by atoms with van der Waals surface area (Å²) >= 11 is 0. The van der Waals surface area contributed by atoms with Gasteiger partial charge in [-0.3, -0.25) is 4.98 Å². The van der Waals surface area contributed by atoms with Gasteiger partial charge in [0.15, 0.2) is 11.5 Å². The summed E-state index contributed by atoms with van der Waals surface area (Å²) in [6.45, 7) is 4.69. The normalized spacial score (nSPS) is 19.9. The van der Waals surface area contributed by atoms with E-state index < -0.39 is 5.79 Å². The molecule has 1 aliphatic heterocycles. The van der Waals surface area contributed by atoms with Gasteiger partial charge in [-0.05, 0) is 24.3 Å². The molecule has 1 aromatic heterocycles. The van der Waals surface area contributed by atoms with E-state index in [0.717, 1.165) is 29.3 Å². The van der Waals surface area contributed by atoms with Crippen molar-refractivity contribution in [2.75, 3.05) is 5.32 Å². The molecule has 1 aliphatic rings. The van der Waals surface area contributed by atoms with Crippen molar-refractivity contribution in [1.29, 1.82) is 0 Å². The number of ether oxygens (including phenoxy) is 2. The van der Waals surface area contributed by atoms with Crippen molar-refractivity contribution in [2.45, 2.75) is 32.6 Å². The Labute approximate surface area is 118 Å². The van der Waals surface area contributed by atoms with Crippen LogP contribution in [0, 0.1) is 0 Å².